The molecule has 1 atom stereocenters. The molecule has 3 N–H and O–H groups in total. The molecular formula is C14H23N3O3S. The predicted molar refractivity (Wildman–Crippen MR) is 84.0 cm³/mol. The molecule has 21 heavy (non-hydrogen) atoms. The third kappa shape index (κ3) is 3.30. The second-order valence-electron chi connectivity index (χ2n) is 5.61. The second-order valence-corrected chi connectivity index (χ2v) is 7.46. The average molecular weight is 313 g/mol. The number of piperidine rings is 1. The molecule has 1 aliphatic rings. The van der Waals surface area contributed by atoms with Crippen molar-refractivity contribution in [3.63, 3.8) is 0 Å². The Morgan fingerprint density at radius 3 is 2.71 bits per heavy atom. The summed E-state index contributed by atoms with van der Waals surface area (Å²) in [5.74, 6) is 0. The first kappa shape index (κ1) is 16.1. The SMILES string of the molecule is CNS(=O)(=O)c1ccc(N2CCCC(C)(OC)C2)cc1N. The van der Waals surface area contributed by atoms with E-state index < -0.39 is 10.0 Å². The summed E-state index contributed by atoms with van der Waals surface area (Å²) in [6.07, 6.45) is 2.04. The summed E-state index contributed by atoms with van der Waals surface area (Å²) in [5, 5.41) is 0. The highest BCUT2D eigenvalue weighted by atomic mass is 32.2. The van der Waals surface area contributed by atoms with Crippen molar-refractivity contribution >= 4 is 21.4 Å². The summed E-state index contributed by atoms with van der Waals surface area (Å²) in [4.78, 5) is 2.29. The fraction of sp³-hybridized carbons (Fsp3) is 0.571. The molecule has 1 aromatic rings. The van der Waals surface area contributed by atoms with Gasteiger partial charge >= 0.3 is 0 Å². The van der Waals surface area contributed by atoms with Crippen molar-refractivity contribution in [1.82, 2.24) is 4.72 Å². The van der Waals surface area contributed by atoms with Crippen LogP contribution in [0.15, 0.2) is 23.1 Å². The Morgan fingerprint density at radius 2 is 2.14 bits per heavy atom. The Kier molecular flexibility index (Phi) is 4.46. The highest BCUT2D eigenvalue weighted by Gasteiger charge is 2.31. The topological polar surface area (TPSA) is 84.7 Å². The van der Waals surface area contributed by atoms with Crippen LogP contribution in [-0.4, -0.2) is 41.3 Å². The fourth-order valence-electron chi connectivity index (χ4n) is 2.68. The number of nitrogens with zero attached hydrogens (tertiary/aromatic N) is 1. The monoisotopic (exact) mass is 313 g/mol. The minimum absolute atomic E-state index is 0.111. The summed E-state index contributed by atoms with van der Waals surface area (Å²) < 4.78 is 31.5. The second kappa shape index (κ2) is 5.82. The number of sulfonamides is 1. The number of nitrogens with two attached hydrogens (primary N) is 1. The molecule has 0 aromatic heterocycles. The lowest BCUT2D eigenvalue weighted by Crippen LogP contribution is -2.47. The van der Waals surface area contributed by atoms with Gasteiger partial charge in [-0.25, -0.2) is 13.1 Å². The van der Waals surface area contributed by atoms with Crippen molar-refractivity contribution in [2.75, 3.05) is 37.9 Å². The van der Waals surface area contributed by atoms with E-state index >= 15 is 0 Å². The Morgan fingerprint density at radius 1 is 1.43 bits per heavy atom. The maximum atomic E-state index is 11.8. The van der Waals surface area contributed by atoms with Gasteiger partial charge in [0.1, 0.15) is 4.90 Å². The van der Waals surface area contributed by atoms with Crippen molar-refractivity contribution in [2.24, 2.45) is 0 Å². The molecule has 1 unspecified atom stereocenters. The summed E-state index contributed by atoms with van der Waals surface area (Å²) in [6.45, 7) is 3.76. The van der Waals surface area contributed by atoms with Crippen LogP contribution in [0.2, 0.25) is 0 Å². The van der Waals surface area contributed by atoms with Crippen LogP contribution in [0, 0.1) is 0 Å². The molecule has 0 aliphatic carbocycles. The molecule has 0 bridgehead atoms. The number of nitrogens with one attached hydrogen (secondary N) is 1. The number of ether oxygens (including phenoxy) is 1. The number of hydrogen-bond acceptors (Lipinski definition) is 5. The number of rotatable bonds is 4. The lowest BCUT2D eigenvalue weighted by atomic mass is 9.94. The van der Waals surface area contributed by atoms with Crippen LogP contribution in [0.3, 0.4) is 0 Å². The Balaban J connectivity index is 2.28. The summed E-state index contributed by atoms with van der Waals surface area (Å²) in [7, 11) is -0.427. The van der Waals surface area contributed by atoms with E-state index in [4.69, 9.17) is 10.5 Å². The van der Waals surface area contributed by atoms with Crippen molar-refractivity contribution in [2.45, 2.75) is 30.3 Å². The zero-order valence-corrected chi connectivity index (χ0v) is 13.5. The number of nitrogen functional groups attached to an aromatic ring is 1. The molecule has 1 aliphatic heterocycles. The third-order valence-corrected chi connectivity index (χ3v) is 5.56. The van der Waals surface area contributed by atoms with Crippen molar-refractivity contribution < 1.29 is 13.2 Å². The predicted octanol–water partition coefficient (Wildman–Crippen LogP) is 1.18. The zero-order chi connectivity index (χ0) is 15.7. The lowest BCUT2D eigenvalue weighted by molar-refractivity contribution is -0.00465. The first-order chi connectivity index (χ1) is 9.81. The number of methoxy groups -OCH3 is 1. The zero-order valence-electron chi connectivity index (χ0n) is 12.7. The lowest BCUT2D eigenvalue weighted by Gasteiger charge is -2.40. The van der Waals surface area contributed by atoms with Crippen LogP contribution in [-0.2, 0) is 14.8 Å². The van der Waals surface area contributed by atoms with Gasteiger partial charge in [0.25, 0.3) is 0 Å². The molecular weight excluding hydrogens is 290 g/mol. The van der Waals surface area contributed by atoms with E-state index in [-0.39, 0.29) is 16.2 Å². The van der Waals surface area contributed by atoms with E-state index in [1.165, 1.54) is 7.05 Å². The van der Waals surface area contributed by atoms with Crippen molar-refractivity contribution in [3.8, 4) is 0 Å². The first-order valence-corrected chi connectivity index (χ1v) is 8.43. The van der Waals surface area contributed by atoms with Gasteiger partial charge in [-0.1, -0.05) is 0 Å². The molecule has 1 aromatic carbocycles. The molecule has 118 valence electrons. The summed E-state index contributed by atoms with van der Waals surface area (Å²) in [5.41, 5.74) is 6.91. The van der Waals surface area contributed by atoms with Gasteiger partial charge in [0, 0.05) is 25.9 Å². The molecule has 6 nitrogen and oxygen atoms in total. The van der Waals surface area contributed by atoms with Gasteiger partial charge in [-0.15, -0.1) is 0 Å². The van der Waals surface area contributed by atoms with Crippen LogP contribution >= 0.6 is 0 Å². The van der Waals surface area contributed by atoms with Gasteiger partial charge in [-0.3, -0.25) is 0 Å². The number of anilines is 2. The number of hydrogen-bond donors (Lipinski definition) is 2. The van der Waals surface area contributed by atoms with E-state index in [2.05, 4.69) is 16.5 Å². The van der Waals surface area contributed by atoms with Crippen molar-refractivity contribution in [1.29, 1.82) is 0 Å². The van der Waals surface area contributed by atoms with Gasteiger partial charge in [0.2, 0.25) is 10.0 Å². The Labute approximate surface area is 126 Å². The highest BCUT2D eigenvalue weighted by Crippen LogP contribution is 2.30. The molecule has 0 saturated carbocycles. The van der Waals surface area contributed by atoms with E-state index in [0.29, 0.717) is 0 Å². The van der Waals surface area contributed by atoms with E-state index in [1.54, 1.807) is 25.3 Å². The molecule has 1 saturated heterocycles. The minimum Gasteiger partial charge on any atom is -0.398 e. The summed E-state index contributed by atoms with van der Waals surface area (Å²) >= 11 is 0. The van der Waals surface area contributed by atoms with E-state index in [1.807, 2.05) is 0 Å². The molecule has 7 heteroatoms. The largest absolute Gasteiger partial charge is 0.398 e. The van der Waals surface area contributed by atoms with Gasteiger partial charge < -0.3 is 15.4 Å². The summed E-state index contributed by atoms with van der Waals surface area (Å²) in [6, 6.07) is 5.06. The normalized spacial score (nSPS) is 23.3. The van der Waals surface area contributed by atoms with Gasteiger partial charge in [0.05, 0.1) is 11.3 Å². The Hall–Kier alpha value is -1.31. The van der Waals surface area contributed by atoms with Crippen LogP contribution in [0.25, 0.3) is 0 Å². The number of benzene rings is 1. The third-order valence-electron chi connectivity index (χ3n) is 4.07. The fourth-order valence-corrected chi connectivity index (χ4v) is 3.52. The first-order valence-electron chi connectivity index (χ1n) is 6.94. The average Bonchev–Trinajstić information content (AvgIpc) is 2.47. The van der Waals surface area contributed by atoms with Gasteiger partial charge in [-0.05, 0) is 45.0 Å². The minimum atomic E-state index is -3.52. The molecule has 1 heterocycles. The standard InChI is InChI=1S/C14H23N3O3S/c1-14(20-3)7-4-8-17(10-14)11-5-6-13(12(15)9-11)21(18,19)16-2/h5-6,9,16H,4,7-8,10,15H2,1-3H3. The highest BCUT2D eigenvalue weighted by molar-refractivity contribution is 7.89. The van der Waals surface area contributed by atoms with Crippen LogP contribution < -0.4 is 15.4 Å². The van der Waals surface area contributed by atoms with Gasteiger partial charge in [0.15, 0.2) is 0 Å². The maximum Gasteiger partial charge on any atom is 0.242 e. The smallest absolute Gasteiger partial charge is 0.242 e. The molecule has 0 spiro atoms. The Bertz CT molecular complexity index is 618. The van der Waals surface area contributed by atoms with E-state index in [9.17, 15) is 8.42 Å². The quantitative estimate of drug-likeness (QED) is 0.816. The maximum absolute atomic E-state index is 11.8. The van der Waals surface area contributed by atoms with Crippen LogP contribution in [0.1, 0.15) is 19.8 Å². The van der Waals surface area contributed by atoms with Crippen molar-refractivity contribution in [3.05, 3.63) is 18.2 Å². The van der Waals surface area contributed by atoms with Gasteiger partial charge in [-0.2, -0.15) is 0 Å². The molecule has 2 rings (SSSR count). The molecule has 0 amide bonds. The molecule has 0 radical (unpaired) electrons. The molecule has 1 fully saturated rings. The van der Waals surface area contributed by atoms with E-state index in [0.717, 1.165) is 31.6 Å². The van der Waals surface area contributed by atoms with Crippen LogP contribution in [0.5, 0.6) is 0 Å². The van der Waals surface area contributed by atoms with Crippen LogP contribution in [0.4, 0.5) is 11.4 Å².